The monoisotopic (exact) mass is 250 g/mol. The van der Waals surface area contributed by atoms with Crippen LogP contribution in [0.1, 0.15) is 28.8 Å². The van der Waals surface area contributed by atoms with Gasteiger partial charge in [-0.1, -0.05) is 6.08 Å². The zero-order valence-corrected chi connectivity index (χ0v) is 10.5. The SMILES string of the molecule is C=CCCCOCc1cc(C(=O)O)ccc1OC. The summed E-state index contributed by atoms with van der Waals surface area (Å²) >= 11 is 0. The number of carbonyl (C=O) groups is 1. The number of allylic oxidation sites excluding steroid dienone is 1. The maximum Gasteiger partial charge on any atom is 0.335 e. The molecular weight excluding hydrogens is 232 g/mol. The summed E-state index contributed by atoms with van der Waals surface area (Å²) in [5.41, 5.74) is 0.983. The number of rotatable bonds is 8. The van der Waals surface area contributed by atoms with Gasteiger partial charge in [-0.15, -0.1) is 6.58 Å². The number of unbranched alkanes of at least 4 members (excludes halogenated alkanes) is 1. The molecule has 0 aliphatic rings. The summed E-state index contributed by atoms with van der Waals surface area (Å²) < 4.78 is 10.6. The lowest BCUT2D eigenvalue weighted by Gasteiger charge is -2.10. The van der Waals surface area contributed by atoms with E-state index in [0.29, 0.717) is 19.0 Å². The molecule has 0 atom stereocenters. The van der Waals surface area contributed by atoms with Gasteiger partial charge in [0.15, 0.2) is 0 Å². The Morgan fingerprint density at radius 2 is 2.28 bits per heavy atom. The Morgan fingerprint density at radius 1 is 1.50 bits per heavy atom. The Morgan fingerprint density at radius 3 is 2.89 bits per heavy atom. The van der Waals surface area contributed by atoms with Crippen molar-refractivity contribution in [3.05, 3.63) is 42.0 Å². The minimum atomic E-state index is -0.953. The highest BCUT2D eigenvalue weighted by atomic mass is 16.5. The largest absolute Gasteiger partial charge is 0.496 e. The van der Waals surface area contributed by atoms with Crippen molar-refractivity contribution in [1.29, 1.82) is 0 Å². The van der Waals surface area contributed by atoms with Gasteiger partial charge in [0.2, 0.25) is 0 Å². The second-order valence-corrected chi connectivity index (χ2v) is 3.82. The third-order valence-corrected chi connectivity index (χ3v) is 2.48. The maximum atomic E-state index is 10.9. The van der Waals surface area contributed by atoms with Crippen molar-refractivity contribution in [2.45, 2.75) is 19.4 Å². The van der Waals surface area contributed by atoms with Gasteiger partial charge in [0, 0.05) is 12.2 Å². The van der Waals surface area contributed by atoms with Crippen LogP contribution in [0.25, 0.3) is 0 Å². The van der Waals surface area contributed by atoms with E-state index >= 15 is 0 Å². The molecule has 98 valence electrons. The van der Waals surface area contributed by atoms with Crippen molar-refractivity contribution in [1.82, 2.24) is 0 Å². The quantitative estimate of drug-likeness (QED) is 0.569. The van der Waals surface area contributed by atoms with Gasteiger partial charge in [0.05, 0.1) is 19.3 Å². The molecule has 0 unspecified atom stereocenters. The first-order valence-corrected chi connectivity index (χ1v) is 5.78. The van der Waals surface area contributed by atoms with E-state index in [2.05, 4.69) is 6.58 Å². The van der Waals surface area contributed by atoms with Crippen LogP contribution in [0.2, 0.25) is 0 Å². The molecule has 0 heterocycles. The minimum Gasteiger partial charge on any atom is -0.496 e. The molecule has 4 heteroatoms. The summed E-state index contributed by atoms with van der Waals surface area (Å²) in [4.78, 5) is 10.9. The van der Waals surface area contributed by atoms with E-state index in [0.717, 1.165) is 18.4 Å². The number of ether oxygens (including phenoxy) is 2. The number of hydrogen-bond acceptors (Lipinski definition) is 3. The Kier molecular flexibility index (Phi) is 5.94. The number of methoxy groups -OCH3 is 1. The van der Waals surface area contributed by atoms with Crippen LogP contribution in [0.4, 0.5) is 0 Å². The van der Waals surface area contributed by atoms with Crippen molar-refractivity contribution >= 4 is 5.97 Å². The lowest BCUT2D eigenvalue weighted by molar-refractivity contribution is 0.0696. The van der Waals surface area contributed by atoms with Crippen molar-refractivity contribution in [3.63, 3.8) is 0 Å². The normalized spacial score (nSPS) is 10.1. The van der Waals surface area contributed by atoms with Crippen LogP contribution in [0.3, 0.4) is 0 Å². The highest BCUT2D eigenvalue weighted by molar-refractivity contribution is 5.88. The second-order valence-electron chi connectivity index (χ2n) is 3.82. The van der Waals surface area contributed by atoms with Crippen LogP contribution in [0.15, 0.2) is 30.9 Å². The first kappa shape index (κ1) is 14.3. The van der Waals surface area contributed by atoms with E-state index < -0.39 is 5.97 Å². The van der Waals surface area contributed by atoms with E-state index in [1.54, 1.807) is 19.2 Å². The van der Waals surface area contributed by atoms with Gasteiger partial charge in [-0.2, -0.15) is 0 Å². The predicted molar refractivity (Wildman–Crippen MR) is 69.0 cm³/mol. The maximum absolute atomic E-state index is 10.9. The van der Waals surface area contributed by atoms with Gasteiger partial charge in [-0.25, -0.2) is 4.79 Å². The first-order chi connectivity index (χ1) is 8.69. The topological polar surface area (TPSA) is 55.8 Å². The van der Waals surface area contributed by atoms with Crippen LogP contribution in [0.5, 0.6) is 5.75 Å². The third-order valence-electron chi connectivity index (χ3n) is 2.48. The number of hydrogen-bond donors (Lipinski definition) is 1. The fourth-order valence-electron chi connectivity index (χ4n) is 1.54. The Labute approximate surface area is 107 Å². The molecule has 0 aliphatic carbocycles. The minimum absolute atomic E-state index is 0.237. The first-order valence-electron chi connectivity index (χ1n) is 5.78. The summed E-state index contributed by atoms with van der Waals surface area (Å²) in [5, 5.41) is 8.92. The van der Waals surface area contributed by atoms with Crippen LogP contribution in [-0.4, -0.2) is 24.8 Å². The molecule has 0 radical (unpaired) electrons. The van der Waals surface area contributed by atoms with Crippen molar-refractivity contribution in [2.24, 2.45) is 0 Å². The third kappa shape index (κ3) is 4.22. The van der Waals surface area contributed by atoms with E-state index in [1.165, 1.54) is 6.07 Å². The molecule has 18 heavy (non-hydrogen) atoms. The number of carboxylic acids is 1. The van der Waals surface area contributed by atoms with Gasteiger partial charge >= 0.3 is 5.97 Å². The van der Waals surface area contributed by atoms with Gasteiger partial charge in [-0.3, -0.25) is 0 Å². The number of benzene rings is 1. The molecule has 0 aliphatic heterocycles. The van der Waals surface area contributed by atoms with Crippen molar-refractivity contribution < 1.29 is 19.4 Å². The molecule has 0 fully saturated rings. The molecule has 1 aromatic carbocycles. The molecule has 4 nitrogen and oxygen atoms in total. The van der Waals surface area contributed by atoms with E-state index in [4.69, 9.17) is 14.6 Å². The van der Waals surface area contributed by atoms with Crippen LogP contribution in [0, 0.1) is 0 Å². The molecule has 0 amide bonds. The summed E-state index contributed by atoms with van der Waals surface area (Å²) in [6, 6.07) is 4.74. The van der Waals surface area contributed by atoms with E-state index in [1.807, 2.05) is 6.08 Å². The zero-order chi connectivity index (χ0) is 13.4. The smallest absolute Gasteiger partial charge is 0.335 e. The second kappa shape index (κ2) is 7.50. The predicted octanol–water partition coefficient (Wildman–Crippen LogP) is 2.88. The molecule has 1 aromatic rings. The molecule has 0 spiro atoms. The van der Waals surface area contributed by atoms with Crippen molar-refractivity contribution in [2.75, 3.05) is 13.7 Å². The lowest BCUT2D eigenvalue weighted by atomic mass is 10.1. The van der Waals surface area contributed by atoms with Crippen LogP contribution in [-0.2, 0) is 11.3 Å². The molecule has 0 saturated carbocycles. The summed E-state index contributed by atoms with van der Waals surface area (Å²) in [5.74, 6) is -0.311. The van der Waals surface area contributed by atoms with Gasteiger partial charge in [-0.05, 0) is 31.0 Å². The number of aromatic carboxylic acids is 1. The fourth-order valence-corrected chi connectivity index (χ4v) is 1.54. The molecular formula is C14H18O4. The van der Waals surface area contributed by atoms with Gasteiger partial charge in [0.1, 0.15) is 5.75 Å². The highest BCUT2D eigenvalue weighted by Gasteiger charge is 2.08. The Hall–Kier alpha value is -1.81. The molecule has 0 aromatic heterocycles. The Balaban J connectivity index is 2.63. The molecule has 0 saturated heterocycles. The summed E-state index contributed by atoms with van der Waals surface area (Å²) in [7, 11) is 1.55. The number of carboxylic acid groups (broad SMARTS) is 1. The molecule has 0 bridgehead atoms. The highest BCUT2D eigenvalue weighted by Crippen LogP contribution is 2.21. The van der Waals surface area contributed by atoms with Crippen molar-refractivity contribution in [3.8, 4) is 5.75 Å². The van der Waals surface area contributed by atoms with Gasteiger partial charge < -0.3 is 14.6 Å². The zero-order valence-electron chi connectivity index (χ0n) is 10.5. The Bertz CT molecular complexity index is 412. The van der Waals surface area contributed by atoms with Crippen LogP contribution >= 0.6 is 0 Å². The summed E-state index contributed by atoms with van der Waals surface area (Å²) in [6.45, 7) is 4.60. The standard InChI is InChI=1S/C14H18O4/c1-3-4-5-8-18-10-12-9-11(14(15)16)6-7-13(12)17-2/h3,6-7,9H,1,4-5,8,10H2,2H3,(H,15,16). The van der Waals surface area contributed by atoms with Crippen LogP contribution < -0.4 is 4.74 Å². The average molecular weight is 250 g/mol. The fraction of sp³-hybridized carbons (Fsp3) is 0.357. The molecule has 1 rings (SSSR count). The van der Waals surface area contributed by atoms with E-state index in [-0.39, 0.29) is 5.56 Å². The average Bonchev–Trinajstić information content (AvgIpc) is 2.38. The lowest BCUT2D eigenvalue weighted by Crippen LogP contribution is -2.02. The molecule has 1 N–H and O–H groups in total. The summed E-state index contributed by atoms with van der Waals surface area (Å²) in [6.07, 6.45) is 3.66. The van der Waals surface area contributed by atoms with E-state index in [9.17, 15) is 4.79 Å². The van der Waals surface area contributed by atoms with Gasteiger partial charge in [0.25, 0.3) is 0 Å².